The van der Waals surface area contributed by atoms with Crippen molar-refractivity contribution in [2.24, 2.45) is 5.41 Å². The monoisotopic (exact) mass is 220 g/mol. The molecule has 0 amide bonds. The van der Waals surface area contributed by atoms with E-state index >= 15 is 0 Å². The van der Waals surface area contributed by atoms with Crippen LogP contribution in [0.4, 0.5) is 0 Å². The smallest absolute Gasteiger partial charge is 0.331 e. The Bertz CT molecular complexity index is 158. The second kappa shape index (κ2) is 3.90. The topological polar surface area (TPSA) is 26.3 Å². The first-order valence-corrected chi connectivity index (χ1v) is 4.26. The van der Waals surface area contributed by atoms with Crippen LogP contribution in [-0.2, 0) is 9.53 Å². The van der Waals surface area contributed by atoms with Gasteiger partial charge in [-0.15, -0.1) is 0 Å². The quantitative estimate of drug-likeness (QED) is 0.406. The summed E-state index contributed by atoms with van der Waals surface area (Å²) in [4.78, 5) is 10.7. The molecule has 0 bridgehead atoms. The van der Waals surface area contributed by atoms with Gasteiger partial charge in [-0.05, 0) is 15.9 Å². The molecule has 0 aliphatic heterocycles. The summed E-state index contributed by atoms with van der Waals surface area (Å²) >= 11 is 3.25. The zero-order valence-corrected chi connectivity index (χ0v) is 8.64. The van der Waals surface area contributed by atoms with Gasteiger partial charge in [-0.1, -0.05) is 27.4 Å². The summed E-state index contributed by atoms with van der Waals surface area (Å²) in [6.45, 7) is 9.23. The van der Waals surface area contributed by atoms with Crippen molar-refractivity contribution in [1.82, 2.24) is 0 Å². The number of ether oxygens (including phenoxy) is 1. The van der Waals surface area contributed by atoms with E-state index in [4.69, 9.17) is 4.74 Å². The maximum Gasteiger partial charge on any atom is 0.331 e. The van der Waals surface area contributed by atoms with Crippen molar-refractivity contribution < 1.29 is 9.53 Å². The van der Waals surface area contributed by atoms with Crippen LogP contribution in [0.25, 0.3) is 0 Å². The highest BCUT2D eigenvalue weighted by atomic mass is 79.9. The molecule has 1 atom stereocenters. The molecule has 0 N–H and O–H groups in total. The van der Waals surface area contributed by atoms with E-state index in [0.29, 0.717) is 0 Å². The van der Waals surface area contributed by atoms with E-state index in [1.54, 1.807) is 0 Å². The average molecular weight is 221 g/mol. The maximum atomic E-state index is 10.7. The number of hydrogen-bond donors (Lipinski definition) is 0. The van der Waals surface area contributed by atoms with Gasteiger partial charge in [-0.2, -0.15) is 0 Å². The Hall–Kier alpha value is -0.310. The number of rotatable bonds is 2. The summed E-state index contributed by atoms with van der Waals surface area (Å²) in [5.74, 6) is -0.401. The summed E-state index contributed by atoms with van der Waals surface area (Å²) < 4.78 is 4.92. The summed E-state index contributed by atoms with van der Waals surface area (Å²) in [5, 5.41) is -0.263. The van der Waals surface area contributed by atoms with Gasteiger partial charge < -0.3 is 4.74 Å². The summed E-state index contributed by atoms with van der Waals surface area (Å²) in [6.07, 6.45) is 1.15. The molecule has 3 heteroatoms. The number of carbonyl (C=O) groups excluding carboxylic acids is 1. The number of esters is 1. The van der Waals surface area contributed by atoms with Gasteiger partial charge in [0, 0.05) is 11.5 Å². The van der Waals surface area contributed by atoms with Gasteiger partial charge in [0.15, 0.2) is 5.01 Å². The Kier molecular flexibility index (Phi) is 3.79. The molecule has 11 heavy (non-hydrogen) atoms. The third kappa shape index (κ3) is 4.19. The van der Waals surface area contributed by atoms with E-state index in [1.807, 2.05) is 20.8 Å². The van der Waals surface area contributed by atoms with Crippen molar-refractivity contribution >= 4 is 21.9 Å². The Morgan fingerprint density at radius 1 is 1.64 bits per heavy atom. The van der Waals surface area contributed by atoms with Crippen LogP contribution >= 0.6 is 15.9 Å². The lowest BCUT2D eigenvalue weighted by Gasteiger charge is -2.24. The second-order valence-corrected chi connectivity index (χ2v) is 4.15. The molecule has 1 unspecified atom stereocenters. The van der Waals surface area contributed by atoms with E-state index in [0.717, 1.165) is 6.08 Å². The highest BCUT2D eigenvalue weighted by Gasteiger charge is 2.24. The Labute approximate surface area is 75.7 Å². The minimum atomic E-state index is -0.401. The van der Waals surface area contributed by atoms with Gasteiger partial charge in [0.1, 0.15) is 0 Å². The molecule has 0 radical (unpaired) electrons. The van der Waals surface area contributed by atoms with Gasteiger partial charge in [-0.25, -0.2) is 4.79 Å². The third-order valence-corrected chi connectivity index (χ3v) is 2.63. The maximum absolute atomic E-state index is 10.7. The van der Waals surface area contributed by atoms with E-state index in [9.17, 15) is 4.79 Å². The number of alkyl halides is 1. The molecule has 0 saturated heterocycles. The Morgan fingerprint density at radius 2 is 2.09 bits per heavy atom. The number of carbonyl (C=O) groups is 1. The molecule has 64 valence electrons. The molecule has 0 aromatic carbocycles. The molecule has 0 spiro atoms. The van der Waals surface area contributed by atoms with Gasteiger partial charge in [0.05, 0.1) is 0 Å². The average Bonchev–Trinajstić information content (AvgIpc) is 1.85. The predicted octanol–water partition coefficient (Wildman–Crippen LogP) is 2.48. The van der Waals surface area contributed by atoms with Crippen molar-refractivity contribution in [1.29, 1.82) is 0 Å². The number of hydrogen-bond acceptors (Lipinski definition) is 2. The van der Waals surface area contributed by atoms with Gasteiger partial charge in [0.2, 0.25) is 0 Å². The molecular formula is C8H13BrO2. The molecule has 0 saturated carbocycles. The molecule has 0 aliphatic carbocycles. The van der Waals surface area contributed by atoms with Crippen LogP contribution in [0.2, 0.25) is 0 Å². The SMILES string of the molecule is C=CC(=O)OC(Br)C(C)(C)C. The largest absolute Gasteiger partial charge is 0.447 e. The second-order valence-electron chi connectivity index (χ2n) is 3.32. The highest BCUT2D eigenvalue weighted by molar-refractivity contribution is 9.09. The molecule has 0 aromatic heterocycles. The summed E-state index contributed by atoms with van der Waals surface area (Å²) in [5.41, 5.74) is -0.0847. The predicted molar refractivity (Wildman–Crippen MR) is 48.5 cm³/mol. The van der Waals surface area contributed by atoms with E-state index in [1.165, 1.54) is 0 Å². The van der Waals surface area contributed by atoms with Crippen LogP contribution in [0, 0.1) is 5.41 Å². The van der Waals surface area contributed by atoms with Gasteiger partial charge in [0.25, 0.3) is 0 Å². The fourth-order valence-corrected chi connectivity index (χ4v) is 0.511. The van der Waals surface area contributed by atoms with Crippen molar-refractivity contribution in [2.45, 2.75) is 25.8 Å². The van der Waals surface area contributed by atoms with Gasteiger partial charge >= 0.3 is 5.97 Å². The highest BCUT2D eigenvalue weighted by Crippen LogP contribution is 2.26. The number of halogens is 1. The van der Waals surface area contributed by atoms with Crippen LogP contribution in [0.3, 0.4) is 0 Å². The molecular weight excluding hydrogens is 208 g/mol. The van der Waals surface area contributed by atoms with E-state index < -0.39 is 5.97 Å². The standard InChI is InChI=1S/C8H13BrO2/c1-5-6(10)11-7(9)8(2,3)4/h5,7H,1H2,2-4H3. The molecule has 0 fully saturated rings. The fourth-order valence-electron chi connectivity index (χ4n) is 0.327. The molecule has 0 aromatic rings. The van der Waals surface area contributed by atoms with E-state index in [2.05, 4.69) is 22.5 Å². The first-order valence-electron chi connectivity index (χ1n) is 3.35. The Balaban J connectivity index is 3.97. The van der Waals surface area contributed by atoms with Gasteiger partial charge in [-0.3, -0.25) is 0 Å². The van der Waals surface area contributed by atoms with Crippen molar-refractivity contribution in [3.05, 3.63) is 12.7 Å². The molecule has 0 rings (SSSR count). The lowest BCUT2D eigenvalue weighted by molar-refractivity contribution is -0.142. The van der Waals surface area contributed by atoms with Crippen molar-refractivity contribution in [3.8, 4) is 0 Å². The van der Waals surface area contributed by atoms with Crippen LogP contribution in [0.5, 0.6) is 0 Å². The minimum absolute atomic E-state index is 0.0847. The first-order chi connectivity index (χ1) is 4.88. The molecule has 0 heterocycles. The zero-order chi connectivity index (χ0) is 9.07. The van der Waals surface area contributed by atoms with Crippen LogP contribution in [0.1, 0.15) is 20.8 Å². The van der Waals surface area contributed by atoms with Crippen LogP contribution < -0.4 is 0 Å². The molecule has 2 nitrogen and oxygen atoms in total. The third-order valence-electron chi connectivity index (χ3n) is 1.07. The molecule has 0 aliphatic rings. The van der Waals surface area contributed by atoms with Crippen LogP contribution in [-0.4, -0.2) is 11.0 Å². The summed E-state index contributed by atoms with van der Waals surface area (Å²) in [7, 11) is 0. The van der Waals surface area contributed by atoms with Crippen molar-refractivity contribution in [3.63, 3.8) is 0 Å². The van der Waals surface area contributed by atoms with E-state index in [-0.39, 0.29) is 10.4 Å². The first kappa shape index (κ1) is 10.7. The van der Waals surface area contributed by atoms with Crippen molar-refractivity contribution in [2.75, 3.05) is 0 Å². The lowest BCUT2D eigenvalue weighted by atomic mass is 9.98. The Morgan fingerprint density at radius 3 is 2.36 bits per heavy atom. The normalized spacial score (nSPS) is 13.8. The lowest BCUT2D eigenvalue weighted by Crippen LogP contribution is -2.25. The zero-order valence-electron chi connectivity index (χ0n) is 7.06. The fraction of sp³-hybridized carbons (Fsp3) is 0.625. The van der Waals surface area contributed by atoms with Crippen LogP contribution in [0.15, 0.2) is 12.7 Å². The minimum Gasteiger partial charge on any atom is -0.447 e. The summed E-state index contributed by atoms with van der Waals surface area (Å²) in [6, 6.07) is 0.